The lowest BCUT2D eigenvalue weighted by Gasteiger charge is -2.33. The van der Waals surface area contributed by atoms with Crippen molar-refractivity contribution >= 4 is 0 Å². The Kier molecular flexibility index (Phi) is 45.3. The molecular weight excluding hydrogens is 683 g/mol. The van der Waals surface area contributed by atoms with E-state index < -0.39 is 0 Å². The van der Waals surface area contributed by atoms with Gasteiger partial charge in [0.15, 0.2) is 0 Å². The molecule has 0 aromatic heterocycles. The van der Waals surface area contributed by atoms with Crippen molar-refractivity contribution < 1.29 is 28.5 Å². The minimum Gasteiger partial charge on any atom is -0.394 e. The van der Waals surface area contributed by atoms with E-state index in [2.05, 4.69) is 52.2 Å². The van der Waals surface area contributed by atoms with Crippen LogP contribution in [-0.2, 0) is 18.9 Å². The highest BCUT2D eigenvalue weighted by Gasteiger charge is 2.23. The van der Waals surface area contributed by atoms with E-state index in [1.807, 2.05) is 0 Å². The van der Waals surface area contributed by atoms with Crippen LogP contribution in [0.15, 0.2) is 24.3 Å². The van der Waals surface area contributed by atoms with Gasteiger partial charge in [-0.2, -0.15) is 0 Å². The first-order chi connectivity index (χ1) is 27.1. The molecule has 0 bridgehead atoms. The van der Waals surface area contributed by atoms with Crippen LogP contribution in [0.3, 0.4) is 0 Å². The van der Waals surface area contributed by atoms with Crippen molar-refractivity contribution in [1.82, 2.24) is 0 Å². The highest BCUT2D eigenvalue weighted by Crippen LogP contribution is 2.14. The molecule has 1 atom stereocenters. The summed E-state index contributed by atoms with van der Waals surface area (Å²) in [5.41, 5.74) is 0. The maximum Gasteiger partial charge on any atom is 0.130 e. The number of rotatable bonds is 47. The Morgan fingerprint density at radius 3 is 1.24 bits per heavy atom. The van der Waals surface area contributed by atoms with Gasteiger partial charge in [0.1, 0.15) is 19.2 Å². The summed E-state index contributed by atoms with van der Waals surface area (Å²) in [5, 5.41) is 8.86. The van der Waals surface area contributed by atoms with E-state index in [1.165, 1.54) is 180 Å². The molecule has 1 N–H and O–H groups in total. The molecule has 0 saturated heterocycles. The Labute approximate surface area is 344 Å². The molecule has 328 valence electrons. The van der Waals surface area contributed by atoms with Crippen molar-refractivity contribution in [3.8, 4) is 0 Å². The molecule has 0 heterocycles. The molecule has 1 unspecified atom stereocenters. The zero-order valence-electron chi connectivity index (χ0n) is 37.7. The van der Waals surface area contributed by atoms with Gasteiger partial charge >= 0.3 is 0 Å². The predicted octanol–water partition coefficient (Wildman–Crippen LogP) is 13.3. The second kappa shape index (κ2) is 45.9. The van der Waals surface area contributed by atoms with Crippen LogP contribution in [0.25, 0.3) is 0 Å². The minimum absolute atomic E-state index is 0.0582. The van der Waals surface area contributed by atoms with E-state index in [0.717, 1.165) is 43.6 Å². The highest BCUT2D eigenvalue weighted by atomic mass is 16.5. The largest absolute Gasteiger partial charge is 0.394 e. The van der Waals surface area contributed by atoms with Crippen LogP contribution < -0.4 is 0 Å². The number of aliphatic hydroxyl groups excluding tert-OH is 1. The van der Waals surface area contributed by atoms with Gasteiger partial charge in [-0.15, -0.1) is 0 Å². The van der Waals surface area contributed by atoms with Gasteiger partial charge in [-0.05, 0) is 64.2 Å². The average molecular weight is 781 g/mol. The van der Waals surface area contributed by atoms with Crippen LogP contribution in [0.5, 0.6) is 0 Å². The van der Waals surface area contributed by atoms with Crippen LogP contribution in [-0.4, -0.2) is 95.7 Å². The number of allylic oxidation sites excluding steroid dienone is 4. The van der Waals surface area contributed by atoms with E-state index in [-0.39, 0.29) is 12.7 Å². The zero-order chi connectivity index (χ0) is 40.0. The molecule has 0 aromatic rings. The van der Waals surface area contributed by atoms with Crippen molar-refractivity contribution in [3.63, 3.8) is 0 Å². The second-order valence-corrected chi connectivity index (χ2v) is 16.9. The molecule has 6 heteroatoms. The molecule has 0 rings (SSSR count). The van der Waals surface area contributed by atoms with Crippen LogP contribution in [0.4, 0.5) is 0 Å². The molecule has 0 aromatic carbocycles. The number of hydrogen-bond acceptors (Lipinski definition) is 5. The van der Waals surface area contributed by atoms with Crippen LogP contribution in [0, 0.1) is 0 Å². The zero-order valence-corrected chi connectivity index (χ0v) is 37.7. The van der Waals surface area contributed by atoms with E-state index in [9.17, 15) is 0 Å². The van der Waals surface area contributed by atoms with E-state index in [0.29, 0.717) is 33.0 Å². The fourth-order valence-electron chi connectivity index (χ4n) is 7.11. The Morgan fingerprint density at radius 1 is 0.418 bits per heavy atom. The first kappa shape index (κ1) is 54.2. The maximum absolute atomic E-state index is 8.86. The lowest BCUT2D eigenvalue weighted by molar-refractivity contribution is -0.894. The Balaban J connectivity index is 4.10. The SMILES string of the molecule is CCCCCCC/C=C\CCCCCCCCCOC(COCCCCCCCCCC/C=C\CCCCCCCC)C[N+](C)(C)CCOCCOCCO. The number of aliphatic hydroxyl groups is 1. The molecule has 0 radical (unpaired) electrons. The van der Waals surface area contributed by atoms with Crippen molar-refractivity contribution in [2.45, 2.75) is 213 Å². The Morgan fingerprint density at radius 2 is 0.800 bits per heavy atom. The maximum atomic E-state index is 8.86. The third-order valence-electron chi connectivity index (χ3n) is 10.8. The van der Waals surface area contributed by atoms with Gasteiger partial charge in [0.2, 0.25) is 0 Å². The molecule has 0 aliphatic rings. The quantitative estimate of drug-likeness (QED) is 0.0379. The van der Waals surface area contributed by atoms with E-state index >= 15 is 0 Å². The second-order valence-electron chi connectivity index (χ2n) is 16.9. The van der Waals surface area contributed by atoms with Gasteiger partial charge in [0.25, 0.3) is 0 Å². The lowest BCUT2D eigenvalue weighted by atomic mass is 10.1. The number of likely N-dealkylation sites (N-methyl/N-ethyl adjacent to an activating group) is 1. The number of unbranched alkanes of at least 4 members (excludes halogenated alkanes) is 26. The lowest BCUT2D eigenvalue weighted by Crippen LogP contribution is -2.49. The Bertz CT molecular complexity index is 772. The monoisotopic (exact) mass is 781 g/mol. The topological polar surface area (TPSA) is 57.2 Å². The molecule has 6 nitrogen and oxygen atoms in total. The summed E-state index contributed by atoms with van der Waals surface area (Å²) in [4.78, 5) is 0. The fourth-order valence-corrected chi connectivity index (χ4v) is 7.11. The number of ether oxygens (including phenoxy) is 4. The molecule has 0 spiro atoms. The first-order valence-electron chi connectivity index (χ1n) is 24.1. The molecular formula is C49H98NO5+. The van der Waals surface area contributed by atoms with E-state index in [1.54, 1.807) is 0 Å². The molecule has 0 aliphatic carbocycles. The molecule has 0 amide bonds. The predicted molar refractivity (Wildman–Crippen MR) is 239 cm³/mol. The van der Waals surface area contributed by atoms with Crippen LogP contribution in [0.1, 0.15) is 206 Å². The summed E-state index contributed by atoms with van der Waals surface area (Å²) in [6.07, 6.45) is 49.8. The molecule has 55 heavy (non-hydrogen) atoms. The van der Waals surface area contributed by atoms with Gasteiger partial charge in [0.05, 0.1) is 53.7 Å². The van der Waals surface area contributed by atoms with Crippen LogP contribution in [0.2, 0.25) is 0 Å². The number of hydrogen-bond donors (Lipinski definition) is 1. The Hall–Kier alpha value is -0.760. The molecule has 0 saturated carbocycles. The van der Waals surface area contributed by atoms with Crippen molar-refractivity contribution in [2.24, 2.45) is 0 Å². The van der Waals surface area contributed by atoms with E-state index in [4.69, 9.17) is 24.1 Å². The standard InChI is InChI=1S/C49H98NO5/c1-5-7-9-11-13-15-17-19-21-23-24-25-27-29-31-33-35-37-41-54-48-49(47-50(3,4)39-43-52-45-46-53-44-40-51)55-42-38-36-34-32-30-28-26-22-20-18-16-14-12-10-8-6-2/h18-21,49,51H,5-17,22-48H2,1-4H3/q+1/b20-18-,21-19-. The summed E-state index contributed by atoms with van der Waals surface area (Å²) < 4.78 is 24.7. The fraction of sp³-hybridized carbons (Fsp3) is 0.918. The van der Waals surface area contributed by atoms with Crippen molar-refractivity contribution in [1.29, 1.82) is 0 Å². The van der Waals surface area contributed by atoms with Gasteiger partial charge < -0.3 is 28.5 Å². The van der Waals surface area contributed by atoms with Gasteiger partial charge in [-0.1, -0.05) is 167 Å². The third-order valence-corrected chi connectivity index (χ3v) is 10.8. The summed E-state index contributed by atoms with van der Waals surface area (Å²) in [5.74, 6) is 0. The summed E-state index contributed by atoms with van der Waals surface area (Å²) in [6.45, 7) is 11.0. The van der Waals surface area contributed by atoms with Gasteiger partial charge in [-0.25, -0.2) is 0 Å². The normalized spacial score (nSPS) is 12.9. The summed E-state index contributed by atoms with van der Waals surface area (Å²) in [6, 6.07) is 0. The first-order valence-corrected chi connectivity index (χ1v) is 24.1. The third kappa shape index (κ3) is 45.8. The van der Waals surface area contributed by atoms with Gasteiger partial charge in [0, 0.05) is 13.2 Å². The summed E-state index contributed by atoms with van der Waals surface area (Å²) >= 11 is 0. The molecule has 0 fully saturated rings. The molecule has 0 aliphatic heterocycles. The van der Waals surface area contributed by atoms with Crippen molar-refractivity contribution in [2.75, 3.05) is 80.0 Å². The van der Waals surface area contributed by atoms with Crippen molar-refractivity contribution in [3.05, 3.63) is 24.3 Å². The average Bonchev–Trinajstić information content (AvgIpc) is 3.17. The minimum atomic E-state index is 0.0582. The highest BCUT2D eigenvalue weighted by molar-refractivity contribution is 4.82. The summed E-state index contributed by atoms with van der Waals surface area (Å²) in [7, 11) is 4.53. The smallest absolute Gasteiger partial charge is 0.130 e. The number of nitrogens with zero attached hydrogens (tertiary/aromatic N) is 1. The number of quaternary nitrogens is 1. The van der Waals surface area contributed by atoms with Crippen LogP contribution >= 0.6 is 0 Å². The van der Waals surface area contributed by atoms with Gasteiger partial charge in [-0.3, -0.25) is 0 Å².